The third-order valence-electron chi connectivity index (χ3n) is 5.18. The monoisotopic (exact) mass is 409 g/mol. The van der Waals surface area contributed by atoms with Crippen LogP contribution >= 0.6 is 0 Å². The molecule has 1 heterocycles. The number of nitrogens with one attached hydrogen (secondary N) is 2. The number of likely N-dealkylation sites (tertiary alicyclic amines) is 1. The molecular weight excluding hydrogens is 382 g/mol. The first-order valence-electron chi connectivity index (χ1n) is 10.1. The smallest absolute Gasteiger partial charge is 0.261 e. The highest BCUT2D eigenvalue weighted by Gasteiger charge is 2.33. The van der Waals surface area contributed by atoms with Gasteiger partial charge in [-0.1, -0.05) is 42.5 Å². The van der Waals surface area contributed by atoms with Crippen LogP contribution in [0.3, 0.4) is 0 Å². The van der Waals surface area contributed by atoms with Crippen molar-refractivity contribution in [1.82, 2.24) is 15.5 Å². The number of hydrogen-bond acceptors (Lipinski definition) is 4. The number of ether oxygens (including phenoxy) is 1. The zero-order chi connectivity index (χ0) is 21.5. The fourth-order valence-electron chi connectivity index (χ4n) is 3.53. The molecule has 0 saturated carbocycles. The Morgan fingerprint density at radius 3 is 2.40 bits per heavy atom. The molecule has 2 aromatic rings. The summed E-state index contributed by atoms with van der Waals surface area (Å²) in [5.74, 6) is -0.259. The highest BCUT2D eigenvalue weighted by atomic mass is 16.5. The third-order valence-corrected chi connectivity index (χ3v) is 5.18. The van der Waals surface area contributed by atoms with E-state index < -0.39 is 12.1 Å². The number of amides is 3. The lowest BCUT2D eigenvalue weighted by atomic mass is 10.1. The largest absolute Gasteiger partial charge is 0.481 e. The number of carbonyl (C=O) groups is 3. The number of nitrogens with zero attached hydrogens (tertiary/aromatic N) is 1. The predicted octanol–water partition coefficient (Wildman–Crippen LogP) is 1.97. The molecule has 7 nitrogen and oxygen atoms in total. The van der Waals surface area contributed by atoms with Crippen molar-refractivity contribution in [3.05, 3.63) is 54.6 Å². The molecule has 7 heteroatoms. The van der Waals surface area contributed by atoms with E-state index in [1.165, 1.54) is 4.90 Å². The van der Waals surface area contributed by atoms with E-state index in [2.05, 4.69) is 10.6 Å². The van der Waals surface area contributed by atoms with Crippen LogP contribution in [0, 0.1) is 0 Å². The molecule has 3 amide bonds. The minimum Gasteiger partial charge on any atom is -0.481 e. The summed E-state index contributed by atoms with van der Waals surface area (Å²) >= 11 is 0. The van der Waals surface area contributed by atoms with Crippen LogP contribution in [0.25, 0.3) is 11.1 Å². The van der Waals surface area contributed by atoms with Crippen LogP contribution in [0.5, 0.6) is 5.75 Å². The number of likely N-dealkylation sites (N-methyl/N-ethyl adjacent to an activating group) is 1. The summed E-state index contributed by atoms with van der Waals surface area (Å²) in [4.78, 5) is 38.2. The van der Waals surface area contributed by atoms with Gasteiger partial charge < -0.3 is 20.3 Å². The molecule has 1 aliphatic rings. The molecule has 158 valence electrons. The van der Waals surface area contributed by atoms with Crippen molar-refractivity contribution in [2.75, 3.05) is 20.1 Å². The molecule has 2 aromatic carbocycles. The summed E-state index contributed by atoms with van der Waals surface area (Å²) < 4.78 is 5.70. The van der Waals surface area contributed by atoms with Gasteiger partial charge in [0.05, 0.1) is 6.54 Å². The summed E-state index contributed by atoms with van der Waals surface area (Å²) in [5.41, 5.74) is 2.16. The van der Waals surface area contributed by atoms with E-state index in [1.54, 1.807) is 14.0 Å². The van der Waals surface area contributed by atoms with Gasteiger partial charge in [-0.3, -0.25) is 14.4 Å². The summed E-state index contributed by atoms with van der Waals surface area (Å²) in [6.45, 7) is 1.99. The second-order valence-corrected chi connectivity index (χ2v) is 7.23. The summed E-state index contributed by atoms with van der Waals surface area (Å²) in [6.07, 6.45) is 0.655. The van der Waals surface area contributed by atoms with E-state index in [0.29, 0.717) is 18.7 Å². The Labute approximate surface area is 176 Å². The van der Waals surface area contributed by atoms with Crippen LogP contribution in [-0.2, 0) is 14.4 Å². The molecular formula is C23H27N3O4. The van der Waals surface area contributed by atoms with E-state index in [9.17, 15) is 14.4 Å². The van der Waals surface area contributed by atoms with Crippen molar-refractivity contribution in [3.63, 3.8) is 0 Å². The predicted molar refractivity (Wildman–Crippen MR) is 114 cm³/mol. The van der Waals surface area contributed by atoms with Crippen LogP contribution in [0.15, 0.2) is 54.6 Å². The van der Waals surface area contributed by atoms with Crippen molar-refractivity contribution < 1.29 is 19.1 Å². The van der Waals surface area contributed by atoms with Gasteiger partial charge >= 0.3 is 0 Å². The Balaban J connectivity index is 1.50. The normalized spacial score (nSPS) is 16.6. The molecule has 1 aliphatic heterocycles. The van der Waals surface area contributed by atoms with Crippen molar-refractivity contribution in [3.8, 4) is 16.9 Å². The molecule has 0 radical (unpaired) electrons. The van der Waals surface area contributed by atoms with Gasteiger partial charge in [0.1, 0.15) is 11.8 Å². The first-order chi connectivity index (χ1) is 14.5. The number of carbonyl (C=O) groups excluding carboxylic acids is 3. The number of hydrogen-bond donors (Lipinski definition) is 2. The molecule has 1 saturated heterocycles. The van der Waals surface area contributed by atoms with Gasteiger partial charge in [-0.2, -0.15) is 0 Å². The fourth-order valence-corrected chi connectivity index (χ4v) is 3.53. The molecule has 0 aliphatic carbocycles. The van der Waals surface area contributed by atoms with Crippen molar-refractivity contribution in [1.29, 1.82) is 0 Å². The standard InChI is InChI=1S/C23H27N3O4/c1-16(30-19-12-10-18(11-13-19)17-7-4-3-5-8-17)22(28)25-15-21(27)26-14-6-9-20(26)23(29)24-2/h3-5,7-8,10-13,16,20H,6,9,14-15H2,1-2H3,(H,24,29)(H,25,28). The minimum absolute atomic E-state index is 0.160. The van der Waals surface area contributed by atoms with Gasteiger partial charge in [0, 0.05) is 13.6 Å². The van der Waals surface area contributed by atoms with E-state index in [4.69, 9.17) is 4.74 Å². The molecule has 2 atom stereocenters. The van der Waals surface area contributed by atoms with Crippen LogP contribution in [0.2, 0.25) is 0 Å². The highest BCUT2D eigenvalue weighted by Crippen LogP contribution is 2.22. The SMILES string of the molecule is CNC(=O)C1CCCN1C(=O)CNC(=O)C(C)Oc1ccc(-c2ccccc2)cc1. The first kappa shape index (κ1) is 21.4. The van der Waals surface area contributed by atoms with Crippen LogP contribution in [-0.4, -0.2) is 54.9 Å². The second-order valence-electron chi connectivity index (χ2n) is 7.23. The van der Waals surface area contributed by atoms with Crippen LogP contribution in [0.4, 0.5) is 0 Å². The van der Waals surface area contributed by atoms with Gasteiger partial charge in [-0.25, -0.2) is 0 Å². The molecule has 2 N–H and O–H groups in total. The molecule has 0 spiro atoms. The Kier molecular flexibility index (Phi) is 7.06. The number of benzene rings is 2. The topological polar surface area (TPSA) is 87.7 Å². The Hall–Kier alpha value is -3.35. The van der Waals surface area contributed by atoms with Crippen molar-refractivity contribution >= 4 is 17.7 Å². The summed E-state index contributed by atoms with van der Waals surface area (Å²) in [6, 6.07) is 17.0. The third kappa shape index (κ3) is 5.17. The lowest BCUT2D eigenvalue weighted by Crippen LogP contribution is -2.49. The lowest BCUT2D eigenvalue weighted by Gasteiger charge is -2.24. The Morgan fingerprint density at radius 1 is 1.07 bits per heavy atom. The summed E-state index contributed by atoms with van der Waals surface area (Å²) in [5, 5.41) is 5.18. The molecule has 0 aromatic heterocycles. The molecule has 30 heavy (non-hydrogen) atoms. The van der Waals surface area contributed by atoms with Gasteiger partial charge in [0.2, 0.25) is 11.8 Å². The van der Waals surface area contributed by atoms with E-state index in [1.807, 2.05) is 54.6 Å². The van der Waals surface area contributed by atoms with E-state index >= 15 is 0 Å². The molecule has 1 fully saturated rings. The number of rotatable bonds is 7. The fraction of sp³-hybridized carbons (Fsp3) is 0.348. The minimum atomic E-state index is -0.756. The highest BCUT2D eigenvalue weighted by molar-refractivity contribution is 5.91. The van der Waals surface area contributed by atoms with Crippen molar-refractivity contribution in [2.24, 2.45) is 0 Å². The van der Waals surface area contributed by atoms with E-state index in [0.717, 1.165) is 17.5 Å². The zero-order valence-corrected chi connectivity index (χ0v) is 17.3. The van der Waals surface area contributed by atoms with Crippen LogP contribution < -0.4 is 15.4 Å². The summed E-state index contributed by atoms with van der Waals surface area (Å²) in [7, 11) is 1.55. The maximum Gasteiger partial charge on any atom is 0.261 e. The first-order valence-corrected chi connectivity index (χ1v) is 10.1. The zero-order valence-electron chi connectivity index (χ0n) is 17.3. The van der Waals surface area contributed by atoms with Gasteiger partial charge in [0.25, 0.3) is 5.91 Å². The second kappa shape index (κ2) is 9.91. The molecule has 0 bridgehead atoms. The van der Waals surface area contributed by atoms with Crippen LogP contribution in [0.1, 0.15) is 19.8 Å². The van der Waals surface area contributed by atoms with Gasteiger partial charge in [0.15, 0.2) is 6.10 Å². The van der Waals surface area contributed by atoms with E-state index in [-0.39, 0.29) is 24.3 Å². The average Bonchev–Trinajstić information content (AvgIpc) is 3.28. The molecule has 2 unspecified atom stereocenters. The Bertz CT molecular complexity index is 883. The average molecular weight is 409 g/mol. The maximum absolute atomic E-state index is 12.4. The Morgan fingerprint density at radius 2 is 1.73 bits per heavy atom. The quantitative estimate of drug-likeness (QED) is 0.732. The van der Waals surface area contributed by atoms with Crippen molar-refractivity contribution in [2.45, 2.75) is 31.9 Å². The lowest BCUT2D eigenvalue weighted by molar-refractivity contribution is -0.139. The van der Waals surface area contributed by atoms with Gasteiger partial charge in [-0.05, 0) is 43.0 Å². The van der Waals surface area contributed by atoms with Gasteiger partial charge in [-0.15, -0.1) is 0 Å². The maximum atomic E-state index is 12.4. The molecule has 3 rings (SSSR count).